The number of ketones is 1. The number of hydrogen-bond donors (Lipinski definition) is 1. The second-order valence-corrected chi connectivity index (χ2v) is 4.53. The molecule has 0 bridgehead atoms. The van der Waals surface area contributed by atoms with Gasteiger partial charge in [0.25, 0.3) is 0 Å². The van der Waals surface area contributed by atoms with Crippen LogP contribution in [0, 0.1) is 6.92 Å². The Morgan fingerprint density at radius 2 is 1.64 bits per heavy atom. The Bertz CT molecular complexity index is 640. The summed E-state index contributed by atoms with van der Waals surface area (Å²) in [5, 5.41) is 8.79. The fourth-order valence-electron chi connectivity index (χ4n) is 1.97. The van der Waals surface area contributed by atoms with E-state index >= 15 is 0 Å². The van der Waals surface area contributed by atoms with E-state index in [1.807, 2.05) is 19.1 Å². The zero-order valence-corrected chi connectivity index (χ0v) is 14.9. The quantitative estimate of drug-likeness (QED) is 0.502. The van der Waals surface area contributed by atoms with Gasteiger partial charge in [-0.25, -0.2) is 0 Å². The smallest absolute Gasteiger partial charge is 1.00 e. The van der Waals surface area contributed by atoms with Crippen molar-refractivity contribution in [2.75, 3.05) is 0 Å². The van der Waals surface area contributed by atoms with Crippen LogP contribution in [0.15, 0.2) is 36.4 Å². The molecule has 0 aliphatic rings. The van der Waals surface area contributed by atoms with Gasteiger partial charge in [-0.15, -0.1) is 0 Å². The first-order chi connectivity index (χ1) is 8.99. The van der Waals surface area contributed by atoms with Crippen molar-refractivity contribution < 1.29 is 56.6 Å². The average molecular weight is 317 g/mol. The SMILES string of the molecule is Cc1ccc(C(=O)c2ccc(CC(=O)O)n2C)cc1.O.O.[H-].[Na+]. The van der Waals surface area contributed by atoms with Gasteiger partial charge in [0.1, 0.15) is 0 Å². The molecule has 0 saturated carbocycles. The molecule has 1 aromatic carbocycles. The van der Waals surface area contributed by atoms with Gasteiger partial charge in [-0.1, -0.05) is 29.8 Å². The molecule has 0 fully saturated rings. The molecular formula is C15H20NNaO5. The van der Waals surface area contributed by atoms with Crippen LogP contribution in [0.2, 0.25) is 0 Å². The summed E-state index contributed by atoms with van der Waals surface area (Å²) in [6.07, 6.45) is -0.0856. The van der Waals surface area contributed by atoms with Crippen molar-refractivity contribution in [2.24, 2.45) is 7.05 Å². The minimum Gasteiger partial charge on any atom is -1.00 e. The largest absolute Gasteiger partial charge is 1.00 e. The first-order valence-electron chi connectivity index (χ1n) is 5.97. The molecule has 1 aromatic heterocycles. The van der Waals surface area contributed by atoms with Gasteiger partial charge >= 0.3 is 35.5 Å². The molecule has 0 atom stereocenters. The monoisotopic (exact) mass is 317 g/mol. The number of carboxylic acids is 1. The van der Waals surface area contributed by atoms with Gasteiger partial charge in [0, 0.05) is 18.3 Å². The molecular weight excluding hydrogens is 297 g/mol. The minimum absolute atomic E-state index is 0. The van der Waals surface area contributed by atoms with Crippen molar-refractivity contribution in [1.29, 1.82) is 0 Å². The number of aromatic nitrogens is 1. The van der Waals surface area contributed by atoms with Crippen LogP contribution in [0.3, 0.4) is 0 Å². The van der Waals surface area contributed by atoms with Crippen LogP contribution in [0.25, 0.3) is 0 Å². The zero-order valence-electron chi connectivity index (χ0n) is 13.9. The van der Waals surface area contributed by atoms with Crippen molar-refractivity contribution in [3.63, 3.8) is 0 Å². The van der Waals surface area contributed by atoms with Gasteiger partial charge in [-0.05, 0) is 19.1 Å². The van der Waals surface area contributed by atoms with Gasteiger partial charge in [-0.3, -0.25) is 9.59 Å². The molecule has 0 aliphatic heterocycles. The number of hydrogen-bond acceptors (Lipinski definition) is 2. The van der Waals surface area contributed by atoms with Gasteiger partial charge in [-0.2, -0.15) is 0 Å². The minimum atomic E-state index is -0.907. The van der Waals surface area contributed by atoms with E-state index < -0.39 is 5.97 Å². The van der Waals surface area contributed by atoms with Crippen LogP contribution in [0.5, 0.6) is 0 Å². The topological polar surface area (TPSA) is 122 Å². The Labute approximate surface area is 152 Å². The third-order valence-electron chi connectivity index (χ3n) is 3.10. The maximum absolute atomic E-state index is 12.3. The Kier molecular flexibility index (Phi) is 9.91. The van der Waals surface area contributed by atoms with E-state index in [2.05, 4.69) is 0 Å². The van der Waals surface area contributed by atoms with Crippen molar-refractivity contribution in [3.8, 4) is 0 Å². The first kappa shape index (κ1) is 22.8. The third kappa shape index (κ3) is 5.08. The molecule has 6 nitrogen and oxygen atoms in total. The van der Waals surface area contributed by atoms with Gasteiger partial charge in [0.2, 0.25) is 5.78 Å². The predicted molar refractivity (Wildman–Crippen MR) is 79.7 cm³/mol. The van der Waals surface area contributed by atoms with Crippen LogP contribution in [0.4, 0.5) is 0 Å². The standard InChI is InChI=1S/C15H15NO3.Na.2H2O.H/c1-10-3-5-11(6-4-10)15(19)13-8-7-12(16(13)2)9-14(17)18;;;;/h3-8H,9H2,1-2H3,(H,17,18);;2*1H2;/q;+1;;;-1. The fourth-order valence-corrected chi connectivity index (χ4v) is 1.97. The number of aliphatic carboxylic acids is 1. The van der Waals surface area contributed by atoms with Crippen molar-refractivity contribution in [1.82, 2.24) is 4.57 Å². The maximum atomic E-state index is 12.3. The number of benzene rings is 1. The van der Waals surface area contributed by atoms with E-state index in [-0.39, 0.29) is 54.1 Å². The summed E-state index contributed by atoms with van der Waals surface area (Å²) in [7, 11) is 1.71. The van der Waals surface area contributed by atoms with E-state index in [0.717, 1.165) is 5.56 Å². The van der Waals surface area contributed by atoms with Gasteiger partial charge in [0.15, 0.2) is 0 Å². The molecule has 0 aliphatic carbocycles. The van der Waals surface area contributed by atoms with Crippen LogP contribution in [0.1, 0.15) is 28.7 Å². The molecule has 1 heterocycles. The molecule has 0 spiro atoms. The second kappa shape index (κ2) is 9.55. The number of nitrogens with zero attached hydrogens (tertiary/aromatic N) is 1. The second-order valence-electron chi connectivity index (χ2n) is 4.53. The molecule has 2 rings (SSSR count). The van der Waals surface area contributed by atoms with Gasteiger partial charge < -0.3 is 22.1 Å². The first-order valence-corrected chi connectivity index (χ1v) is 5.97. The maximum Gasteiger partial charge on any atom is 1.00 e. The molecule has 116 valence electrons. The summed E-state index contributed by atoms with van der Waals surface area (Å²) in [6.45, 7) is 1.96. The normalized spacial score (nSPS) is 9.00. The number of carbonyl (C=O) groups excluding carboxylic acids is 1. The van der Waals surface area contributed by atoms with E-state index in [9.17, 15) is 9.59 Å². The van der Waals surface area contributed by atoms with E-state index in [1.165, 1.54) is 0 Å². The molecule has 0 radical (unpaired) electrons. The van der Waals surface area contributed by atoms with Crippen molar-refractivity contribution in [3.05, 3.63) is 58.9 Å². The summed E-state index contributed by atoms with van der Waals surface area (Å²) in [4.78, 5) is 23.0. The molecule has 2 aromatic rings. The summed E-state index contributed by atoms with van der Waals surface area (Å²) < 4.78 is 1.64. The van der Waals surface area contributed by atoms with Gasteiger partial charge in [0.05, 0.1) is 12.1 Å². The van der Waals surface area contributed by atoms with Crippen molar-refractivity contribution in [2.45, 2.75) is 13.3 Å². The molecule has 7 heteroatoms. The number of carbonyl (C=O) groups is 2. The summed E-state index contributed by atoms with van der Waals surface area (Å²) in [5.41, 5.74) is 2.81. The number of carboxylic acid groups (broad SMARTS) is 1. The zero-order chi connectivity index (χ0) is 14.0. The van der Waals surface area contributed by atoms with Crippen molar-refractivity contribution >= 4 is 11.8 Å². The molecule has 0 amide bonds. The fraction of sp³-hybridized carbons (Fsp3) is 0.200. The third-order valence-corrected chi connectivity index (χ3v) is 3.10. The molecule has 5 N–H and O–H groups in total. The summed E-state index contributed by atoms with van der Waals surface area (Å²) in [5.74, 6) is -1.00. The van der Waals surface area contributed by atoms with Crippen LogP contribution >= 0.6 is 0 Å². The van der Waals surface area contributed by atoms with Crippen LogP contribution in [-0.4, -0.2) is 32.4 Å². The number of aryl methyl sites for hydroxylation is 1. The molecule has 22 heavy (non-hydrogen) atoms. The van der Waals surface area contributed by atoms with Crippen LogP contribution < -0.4 is 29.6 Å². The Balaban J connectivity index is -0.000001000. The summed E-state index contributed by atoms with van der Waals surface area (Å²) in [6, 6.07) is 10.7. The Morgan fingerprint density at radius 3 is 2.14 bits per heavy atom. The van der Waals surface area contributed by atoms with Crippen LogP contribution in [-0.2, 0) is 18.3 Å². The Morgan fingerprint density at radius 1 is 1.09 bits per heavy atom. The van der Waals surface area contributed by atoms with E-state index in [4.69, 9.17) is 5.11 Å². The van der Waals surface area contributed by atoms with E-state index in [1.54, 1.807) is 35.9 Å². The molecule has 0 unspecified atom stereocenters. The predicted octanol–water partition coefficient (Wildman–Crippen LogP) is -2.34. The Hall–Kier alpha value is -1.44. The average Bonchev–Trinajstić information content (AvgIpc) is 2.70. The van der Waals surface area contributed by atoms with E-state index in [0.29, 0.717) is 17.0 Å². The summed E-state index contributed by atoms with van der Waals surface area (Å²) >= 11 is 0. The number of rotatable bonds is 4. The molecule has 0 saturated heterocycles.